The molecule has 6 heterocycles. The number of benzene rings is 3. The number of piperidine rings is 1. The standard InChI is InChI=1S/C42H40FN9O5/c43-32-16-24(8-13-33(32)52-39-36(38(44)45-22-46-39)37(48-52)23-6-10-29(11-7-23)57-28-4-2-1-3-5-28)25-18-49(19-25)27-20-50(21-27)26-9-12-30-31(17-26)42(56)51(41(30)55)34-14-15-35(53)47-40(34)54/h1-7,9-12,17,22,24-25,27,32-34H,8,13-16,18-21H2,(H2,44,45,46)(H,47,53,54). The van der Waals surface area contributed by atoms with Crippen LogP contribution in [0.5, 0.6) is 11.5 Å². The van der Waals surface area contributed by atoms with Crippen LogP contribution in [0.25, 0.3) is 22.3 Å². The van der Waals surface area contributed by atoms with Gasteiger partial charge < -0.3 is 15.4 Å². The average molecular weight is 770 g/mol. The number of anilines is 2. The average Bonchev–Trinajstić information content (AvgIpc) is 3.68. The monoisotopic (exact) mass is 769 g/mol. The topological polar surface area (TPSA) is 169 Å². The smallest absolute Gasteiger partial charge is 0.262 e. The zero-order chi connectivity index (χ0) is 38.9. The number of alkyl halides is 1. The Morgan fingerprint density at radius 1 is 0.807 bits per heavy atom. The van der Waals surface area contributed by atoms with Crippen molar-refractivity contribution >= 4 is 46.2 Å². The van der Waals surface area contributed by atoms with Gasteiger partial charge in [0, 0.05) is 49.9 Å². The molecule has 1 aliphatic carbocycles. The van der Waals surface area contributed by atoms with E-state index in [0.717, 1.165) is 54.5 Å². The summed E-state index contributed by atoms with van der Waals surface area (Å²) in [6, 6.07) is 21.3. The number of rotatable bonds is 8. The zero-order valence-electron chi connectivity index (χ0n) is 31.0. The van der Waals surface area contributed by atoms with Crippen molar-refractivity contribution in [3.8, 4) is 22.8 Å². The minimum absolute atomic E-state index is 0.0793. The van der Waals surface area contributed by atoms with Gasteiger partial charge in [0.25, 0.3) is 11.8 Å². The molecule has 3 saturated heterocycles. The number of para-hydroxylation sites is 1. The number of fused-ring (bicyclic) bond motifs is 2. The van der Waals surface area contributed by atoms with Crippen LogP contribution < -0.4 is 20.7 Å². The van der Waals surface area contributed by atoms with Gasteiger partial charge in [-0.3, -0.25) is 34.3 Å². The number of imide groups is 2. The Bertz CT molecular complexity index is 2430. The van der Waals surface area contributed by atoms with Gasteiger partial charge in [-0.1, -0.05) is 18.2 Å². The van der Waals surface area contributed by atoms with E-state index in [9.17, 15) is 19.2 Å². The van der Waals surface area contributed by atoms with Crippen molar-refractivity contribution in [3.63, 3.8) is 0 Å². The number of amides is 4. The first-order chi connectivity index (χ1) is 27.7. The summed E-state index contributed by atoms with van der Waals surface area (Å²) in [7, 11) is 0. The normalized spacial score (nSPS) is 24.4. The first kappa shape index (κ1) is 35.2. The molecule has 4 amide bonds. The van der Waals surface area contributed by atoms with E-state index in [-0.39, 0.29) is 29.9 Å². The number of carbonyl (C=O) groups excluding carboxylic acids is 4. The second-order valence-electron chi connectivity index (χ2n) is 15.8. The number of ether oxygens (including phenoxy) is 1. The summed E-state index contributed by atoms with van der Waals surface area (Å²) in [4.78, 5) is 64.9. The van der Waals surface area contributed by atoms with Crippen LogP contribution in [0, 0.1) is 11.8 Å². The maximum absolute atomic E-state index is 16.2. The SMILES string of the molecule is Nc1ncnc2c1c(-c1ccc(Oc3ccccc3)cc1)nn2C1CCC(C2CN(C3CN(c4ccc5c(c4)C(=O)N(C4CCC(=O)NC4=O)C5=O)C3)C2)CC1F. The predicted octanol–water partition coefficient (Wildman–Crippen LogP) is 4.77. The fourth-order valence-corrected chi connectivity index (χ4v) is 9.27. The molecule has 57 heavy (non-hydrogen) atoms. The van der Waals surface area contributed by atoms with E-state index in [1.807, 2.05) is 60.7 Å². The highest BCUT2D eigenvalue weighted by molar-refractivity contribution is 6.23. The van der Waals surface area contributed by atoms with Gasteiger partial charge >= 0.3 is 0 Å². The van der Waals surface area contributed by atoms with E-state index >= 15 is 4.39 Å². The van der Waals surface area contributed by atoms with Crippen LogP contribution in [-0.2, 0) is 9.59 Å². The van der Waals surface area contributed by atoms with E-state index in [2.05, 4.69) is 25.1 Å². The minimum Gasteiger partial charge on any atom is -0.457 e. The van der Waals surface area contributed by atoms with Crippen molar-refractivity contribution in [2.24, 2.45) is 11.8 Å². The highest BCUT2D eigenvalue weighted by Gasteiger charge is 2.47. The fourth-order valence-electron chi connectivity index (χ4n) is 9.27. The van der Waals surface area contributed by atoms with Crippen LogP contribution in [0.1, 0.15) is 58.9 Å². The Morgan fingerprint density at radius 2 is 1.56 bits per heavy atom. The Labute approximate surface area is 326 Å². The zero-order valence-corrected chi connectivity index (χ0v) is 31.0. The molecule has 4 fully saturated rings. The Kier molecular flexibility index (Phi) is 8.50. The summed E-state index contributed by atoms with van der Waals surface area (Å²) < 4.78 is 23.9. The number of nitrogen functional groups attached to an aromatic ring is 1. The third kappa shape index (κ3) is 6.07. The third-order valence-corrected chi connectivity index (χ3v) is 12.5. The van der Waals surface area contributed by atoms with Crippen LogP contribution in [0.4, 0.5) is 15.9 Å². The summed E-state index contributed by atoms with van der Waals surface area (Å²) >= 11 is 0. The lowest BCUT2D eigenvalue weighted by Crippen LogP contribution is -2.66. The van der Waals surface area contributed by atoms with Gasteiger partial charge in [-0.25, -0.2) is 19.0 Å². The number of nitrogens with one attached hydrogen (secondary N) is 1. The molecule has 0 spiro atoms. The highest BCUT2D eigenvalue weighted by atomic mass is 19.1. The minimum atomic E-state index is -1.09. The number of nitrogens with two attached hydrogens (primary N) is 1. The third-order valence-electron chi connectivity index (χ3n) is 12.5. The summed E-state index contributed by atoms with van der Waals surface area (Å²) in [5, 5.41) is 7.78. The number of nitrogens with zero attached hydrogens (tertiary/aromatic N) is 7. The van der Waals surface area contributed by atoms with E-state index in [1.54, 1.807) is 16.8 Å². The van der Waals surface area contributed by atoms with Crippen LogP contribution in [-0.4, -0.2) is 97.6 Å². The van der Waals surface area contributed by atoms with Crippen LogP contribution in [0.15, 0.2) is 79.1 Å². The van der Waals surface area contributed by atoms with Crippen molar-refractivity contribution in [1.82, 2.24) is 34.9 Å². The van der Waals surface area contributed by atoms with Gasteiger partial charge in [-0.05, 0) is 92.1 Å². The predicted molar refractivity (Wildman–Crippen MR) is 207 cm³/mol. The first-order valence-corrected chi connectivity index (χ1v) is 19.5. The van der Waals surface area contributed by atoms with Gasteiger partial charge in [0.2, 0.25) is 11.8 Å². The first-order valence-electron chi connectivity index (χ1n) is 19.5. The molecular weight excluding hydrogens is 730 g/mol. The number of halogens is 1. The van der Waals surface area contributed by atoms with Gasteiger partial charge in [-0.15, -0.1) is 0 Å². The highest BCUT2D eigenvalue weighted by Crippen LogP contribution is 2.44. The van der Waals surface area contributed by atoms with Gasteiger partial charge in [0.15, 0.2) is 5.65 Å². The van der Waals surface area contributed by atoms with Gasteiger partial charge in [0.1, 0.15) is 41.6 Å². The van der Waals surface area contributed by atoms with Crippen molar-refractivity contribution in [2.75, 3.05) is 36.8 Å². The molecule has 14 nitrogen and oxygen atoms in total. The molecular formula is C42H40FN9O5. The van der Waals surface area contributed by atoms with E-state index in [1.165, 1.54) is 6.33 Å². The van der Waals surface area contributed by atoms with Gasteiger partial charge in [-0.2, -0.15) is 5.10 Å². The molecule has 3 N–H and O–H groups in total. The molecule has 0 bridgehead atoms. The number of hydrogen-bond acceptors (Lipinski definition) is 11. The summed E-state index contributed by atoms with van der Waals surface area (Å²) in [5.74, 6) is 0.372. The second-order valence-corrected chi connectivity index (χ2v) is 15.8. The molecule has 2 aromatic heterocycles. The number of likely N-dealkylation sites (tertiary alicyclic amines) is 1. The molecule has 4 atom stereocenters. The fraction of sp³-hybridized carbons (Fsp3) is 0.357. The summed E-state index contributed by atoms with van der Waals surface area (Å²) in [6.07, 6.45) is 2.51. The molecule has 0 radical (unpaired) electrons. The lowest BCUT2D eigenvalue weighted by atomic mass is 9.73. The molecule has 3 aromatic carbocycles. The van der Waals surface area contributed by atoms with E-state index < -0.39 is 41.9 Å². The van der Waals surface area contributed by atoms with Crippen molar-refractivity contribution in [1.29, 1.82) is 0 Å². The largest absolute Gasteiger partial charge is 0.457 e. The van der Waals surface area contributed by atoms with E-state index in [0.29, 0.717) is 53.1 Å². The van der Waals surface area contributed by atoms with Crippen LogP contribution >= 0.6 is 0 Å². The summed E-state index contributed by atoms with van der Waals surface area (Å²) in [6.45, 7) is 3.40. The van der Waals surface area contributed by atoms with Crippen LogP contribution in [0.2, 0.25) is 0 Å². The van der Waals surface area contributed by atoms with Crippen molar-refractivity contribution < 1.29 is 28.3 Å². The van der Waals surface area contributed by atoms with Crippen LogP contribution in [0.3, 0.4) is 0 Å². The van der Waals surface area contributed by atoms with Crippen molar-refractivity contribution in [2.45, 2.75) is 56.4 Å². The quantitative estimate of drug-likeness (QED) is 0.209. The van der Waals surface area contributed by atoms with Gasteiger partial charge in [0.05, 0.1) is 22.6 Å². The molecule has 4 aliphatic heterocycles. The maximum atomic E-state index is 16.2. The van der Waals surface area contributed by atoms with Crippen molar-refractivity contribution in [3.05, 3.63) is 90.3 Å². The second kappa shape index (κ2) is 13.8. The lowest BCUT2D eigenvalue weighted by Gasteiger charge is -2.55. The Morgan fingerprint density at radius 3 is 2.32 bits per heavy atom. The molecule has 290 valence electrons. The van der Waals surface area contributed by atoms with E-state index in [4.69, 9.17) is 15.6 Å². The maximum Gasteiger partial charge on any atom is 0.262 e. The molecule has 15 heteroatoms. The number of aromatic nitrogens is 4. The number of carbonyl (C=O) groups is 4. The molecule has 1 saturated carbocycles. The molecule has 4 unspecified atom stereocenters. The summed E-state index contributed by atoms with van der Waals surface area (Å²) in [5.41, 5.74) is 9.74. The Hall–Kier alpha value is -6.22. The lowest BCUT2D eigenvalue weighted by molar-refractivity contribution is -0.136. The number of hydrogen-bond donors (Lipinski definition) is 2. The molecule has 5 aliphatic rings. The molecule has 5 aromatic rings. The molecule has 10 rings (SSSR count). The Balaban J connectivity index is 0.753.